The summed E-state index contributed by atoms with van der Waals surface area (Å²) < 4.78 is 10.9. The number of hydrogen-bond acceptors (Lipinski definition) is 6. The third kappa shape index (κ3) is 5.05. The van der Waals surface area contributed by atoms with Gasteiger partial charge in [0.1, 0.15) is 23.7 Å². The number of ether oxygens (including phenoxy) is 1. The number of aromatic nitrogens is 2. The van der Waals surface area contributed by atoms with Gasteiger partial charge in [0.15, 0.2) is 6.61 Å². The van der Waals surface area contributed by atoms with Gasteiger partial charge in [-0.1, -0.05) is 36.4 Å². The van der Waals surface area contributed by atoms with Crippen LogP contribution >= 0.6 is 0 Å². The Bertz CT molecular complexity index is 1190. The predicted octanol–water partition coefficient (Wildman–Crippen LogP) is 3.81. The number of hydrogen-bond donors (Lipinski definition) is 2. The first-order chi connectivity index (χ1) is 15.1. The van der Waals surface area contributed by atoms with E-state index in [1.807, 2.05) is 48.5 Å². The zero-order valence-corrected chi connectivity index (χ0v) is 16.4. The van der Waals surface area contributed by atoms with Crippen LogP contribution in [0.15, 0.2) is 77.6 Å². The maximum absolute atomic E-state index is 12.1. The summed E-state index contributed by atoms with van der Waals surface area (Å²) in [5, 5.41) is 12.6. The molecule has 0 bridgehead atoms. The Kier molecular flexibility index (Phi) is 5.89. The van der Waals surface area contributed by atoms with Gasteiger partial charge in [-0.15, -0.1) is 0 Å². The van der Waals surface area contributed by atoms with E-state index in [1.165, 1.54) is 12.5 Å². The number of furan rings is 1. The van der Waals surface area contributed by atoms with Gasteiger partial charge >= 0.3 is 12.1 Å². The number of carboxylic acid groups (broad SMARTS) is 1. The molecule has 0 saturated carbocycles. The smallest absolute Gasteiger partial charge is 0.408 e. The molecule has 2 aromatic heterocycles. The second-order valence-electron chi connectivity index (χ2n) is 6.85. The van der Waals surface area contributed by atoms with Crippen molar-refractivity contribution in [2.75, 3.05) is 0 Å². The molecule has 1 atom stereocenters. The summed E-state index contributed by atoms with van der Waals surface area (Å²) in [5.74, 6) is -0.731. The van der Waals surface area contributed by atoms with Gasteiger partial charge in [-0.05, 0) is 35.4 Å². The first-order valence-electron chi connectivity index (χ1n) is 9.57. The molecule has 1 unspecified atom stereocenters. The van der Waals surface area contributed by atoms with Gasteiger partial charge in [-0.2, -0.15) is 0 Å². The van der Waals surface area contributed by atoms with E-state index >= 15 is 0 Å². The van der Waals surface area contributed by atoms with Crippen LogP contribution < -0.4 is 5.32 Å². The lowest BCUT2D eigenvalue weighted by Gasteiger charge is -2.13. The van der Waals surface area contributed by atoms with Crippen LogP contribution in [0, 0.1) is 0 Å². The fourth-order valence-electron chi connectivity index (χ4n) is 3.15. The van der Waals surface area contributed by atoms with Gasteiger partial charge in [0.2, 0.25) is 0 Å². The molecule has 0 aliphatic rings. The molecular weight excluding hydrogens is 398 g/mol. The number of carbonyl (C=O) groups is 2. The van der Waals surface area contributed by atoms with Crippen molar-refractivity contribution in [3.8, 4) is 11.1 Å². The summed E-state index contributed by atoms with van der Waals surface area (Å²) in [6.45, 7) is -0.124. The number of alkyl carbamates (subject to hydrolysis) is 1. The number of amides is 1. The molecule has 2 heterocycles. The Morgan fingerprint density at radius 3 is 2.65 bits per heavy atom. The highest BCUT2D eigenvalue weighted by Gasteiger charge is 2.22. The largest absolute Gasteiger partial charge is 0.480 e. The lowest BCUT2D eigenvalue weighted by molar-refractivity contribution is -0.139. The van der Waals surface area contributed by atoms with Gasteiger partial charge in [0.05, 0.1) is 0 Å². The molecular formula is C23H19N3O5. The van der Waals surface area contributed by atoms with Crippen LogP contribution in [0.2, 0.25) is 0 Å². The average molecular weight is 417 g/mol. The summed E-state index contributed by atoms with van der Waals surface area (Å²) in [4.78, 5) is 31.3. The van der Waals surface area contributed by atoms with E-state index in [-0.39, 0.29) is 13.0 Å². The van der Waals surface area contributed by atoms with Crippen LogP contribution in [0.4, 0.5) is 4.79 Å². The van der Waals surface area contributed by atoms with Crippen LogP contribution in [-0.4, -0.2) is 33.2 Å². The number of carbonyl (C=O) groups excluding carboxylic acids is 1. The average Bonchev–Trinajstić information content (AvgIpc) is 3.21. The molecule has 0 saturated heterocycles. The van der Waals surface area contributed by atoms with Crippen molar-refractivity contribution < 1.29 is 23.8 Å². The fraction of sp³-hybridized carbons (Fsp3) is 0.130. The number of fused-ring (bicyclic) bond motifs is 1. The minimum Gasteiger partial charge on any atom is -0.480 e. The first kappa shape index (κ1) is 20.1. The highest BCUT2D eigenvalue weighted by Crippen LogP contribution is 2.27. The molecule has 8 nitrogen and oxygen atoms in total. The number of nitrogens with zero attached hydrogens (tertiary/aromatic N) is 2. The molecule has 0 aliphatic heterocycles. The minimum atomic E-state index is -1.19. The Balaban J connectivity index is 1.38. The second-order valence-corrected chi connectivity index (χ2v) is 6.85. The van der Waals surface area contributed by atoms with Gasteiger partial charge in [0, 0.05) is 23.7 Å². The van der Waals surface area contributed by atoms with E-state index in [0.717, 1.165) is 16.5 Å². The topological polar surface area (TPSA) is 115 Å². The SMILES string of the molecule is O=C(NC(Cc1ccncn1)C(=O)O)OCc1cc2cc(-c3ccccc3)ccc2o1. The van der Waals surface area contributed by atoms with Crippen LogP contribution in [0.25, 0.3) is 22.1 Å². The maximum Gasteiger partial charge on any atom is 0.408 e. The van der Waals surface area contributed by atoms with E-state index < -0.39 is 18.1 Å². The van der Waals surface area contributed by atoms with E-state index in [9.17, 15) is 14.7 Å². The molecule has 1 amide bonds. The number of nitrogens with one attached hydrogen (secondary N) is 1. The quantitative estimate of drug-likeness (QED) is 0.470. The summed E-state index contributed by atoms with van der Waals surface area (Å²) in [7, 11) is 0. The lowest BCUT2D eigenvalue weighted by atomic mass is 10.0. The summed E-state index contributed by atoms with van der Waals surface area (Å²) in [5.41, 5.74) is 3.30. The maximum atomic E-state index is 12.1. The predicted molar refractivity (Wildman–Crippen MR) is 112 cm³/mol. The fourth-order valence-corrected chi connectivity index (χ4v) is 3.15. The highest BCUT2D eigenvalue weighted by molar-refractivity contribution is 5.84. The molecule has 0 radical (unpaired) electrons. The molecule has 0 spiro atoms. The monoisotopic (exact) mass is 417 g/mol. The zero-order chi connectivity index (χ0) is 21.6. The molecule has 156 valence electrons. The van der Waals surface area contributed by atoms with Crippen molar-refractivity contribution in [1.82, 2.24) is 15.3 Å². The Morgan fingerprint density at radius 2 is 1.90 bits per heavy atom. The lowest BCUT2D eigenvalue weighted by Crippen LogP contribution is -2.42. The summed E-state index contributed by atoms with van der Waals surface area (Å²) in [6.07, 6.45) is 1.98. The molecule has 0 aliphatic carbocycles. The van der Waals surface area contributed by atoms with E-state index in [2.05, 4.69) is 15.3 Å². The van der Waals surface area contributed by atoms with Crippen molar-refractivity contribution in [2.45, 2.75) is 19.1 Å². The summed E-state index contributed by atoms with van der Waals surface area (Å²) in [6, 6.07) is 18.0. The molecule has 31 heavy (non-hydrogen) atoms. The van der Waals surface area contributed by atoms with Crippen molar-refractivity contribution in [3.05, 3.63) is 84.6 Å². The van der Waals surface area contributed by atoms with Crippen LogP contribution in [-0.2, 0) is 22.6 Å². The number of rotatable bonds is 7. The zero-order valence-electron chi connectivity index (χ0n) is 16.4. The third-order valence-electron chi connectivity index (χ3n) is 4.67. The summed E-state index contributed by atoms with van der Waals surface area (Å²) >= 11 is 0. The van der Waals surface area contributed by atoms with Gasteiger partial charge in [-0.3, -0.25) is 0 Å². The number of benzene rings is 2. The normalized spacial score (nSPS) is 11.7. The Hall–Kier alpha value is -4.20. The standard InChI is InChI=1S/C23H19N3O5/c27-22(28)20(12-18-8-9-24-14-25-18)26-23(29)30-13-19-11-17-10-16(6-7-21(17)31-19)15-4-2-1-3-5-15/h1-11,14,20H,12-13H2,(H,26,29)(H,27,28). The third-order valence-corrected chi connectivity index (χ3v) is 4.67. The van der Waals surface area contributed by atoms with Crippen molar-refractivity contribution in [3.63, 3.8) is 0 Å². The Morgan fingerprint density at radius 1 is 1.06 bits per heavy atom. The van der Waals surface area contributed by atoms with Gasteiger partial charge < -0.3 is 19.6 Å². The first-order valence-corrected chi connectivity index (χ1v) is 9.57. The van der Waals surface area contributed by atoms with Crippen molar-refractivity contribution >= 4 is 23.0 Å². The highest BCUT2D eigenvalue weighted by atomic mass is 16.6. The van der Waals surface area contributed by atoms with Gasteiger partial charge in [0.25, 0.3) is 0 Å². The minimum absolute atomic E-state index is 0.0137. The Labute approximate surface area is 177 Å². The van der Waals surface area contributed by atoms with Crippen LogP contribution in [0.3, 0.4) is 0 Å². The van der Waals surface area contributed by atoms with Gasteiger partial charge in [-0.25, -0.2) is 19.6 Å². The van der Waals surface area contributed by atoms with Crippen molar-refractivity contribution in [2.24, 2.45) is 0 Å². The van der Waals surface area contributed by atoms with E-state index in [0.29, 0.717) is 17.0 Å². The molecule has 8 heteroatoms. The molecule has 4 rings (SSSR count). The molecule has 4 aromatic rings. The number of aliphatic carboxylic acids is 1. The number of carboxylic acids is 1. The molecule has 0 fully saturated rings. The van der Waals surface area contributed by atoms with Crippen LogP contribution in [0.1, 0.15) is 11.5 Å². The van der Waals surface area contributed by atoms with E-state index in [1.54, 1.807) is 12.1 Å². The van der Waals surface area contributed by atoms with E-state index in [4.69, 9.17) is 9.15 Å². The molecule has 2 N–H and O–H groups in total. The molecule has 2 aromatic carbocycles. The second kappa shape index (κ2) is 9.08. The van der Waals surface area contributed by atoms with Crippen molar-refractivity contribution in [1.29, 1.82) is 0 Å². The van der Waals surface area contributed by atoms with Crippen LogP contribution in [0.5, 0.6) is 0 Å².